The molecule has 2 atom stereocenters. The highest BCUT2D eigenvalue weighted by Gasteiger charge is 2.38. The number of nitrogens with one attached hydrogen (secondary N) is 1. The van der Waals surface area contributed by atoms with E-state index in [1.807, 2.05) is 5.32 Å². The lowest BCUT2D eigenvalue weighted by Gasteiger charge is -2.34. The molecule has 0 spiro atoms. The summed E-state index contributed by atoms with van der Waals surface area (Å²) in [4.78, 5) is 12.7. The molecule has 0 aromatic carbocycles. The number of amides is 1. The molecule has 2 N–H and O–H groups in total. The number of carbonyl (C=O) groups is 1. The lowest BCUT2D eigenvalue weighted by Crippen LogP contribution is -2.41. The van der Waals surface area contributed by atoms with Crippen LogP contribution in [-0.4, -0.2) is 54.4 Å². The summed E-state index contributed by atoms with van der Waals surface area (Å²) in [5.74, 6) is -1.65. The van der Waals surface area contributed by atoms with E-state index in [1.54, 1.807) is 6.92 Å². The van der Waals surface area contributed by atoms with Crippen LogP contribution in [0.4, 0.5) is 13.2 Å². The van der Waals surface area contributed by atoms with Crippen molar-refractivity contribution < 1.29 is 23.1 Å². The van der Waals surface area contributed by atoms with Gasteiger partial charge in [-0.15, -0.1) is 0 Å². The fourth-order valence-corrected chi connectivity index (χ4v) is 2.29. The van der Waals surface area contributed by atoms with Crippen molar-refractivity contribution in [2.75, 3.05) is 26.2 Å². The number of aliphatic hydroxyl groups is 1. The molecule has 0 aliphatic carbocycles. The highest BCUT2D eigenvalue weighted by Crippen LogP contribution is 2.19. The van der Waals surface area contributed by atoms with Gasteiger partial charge in [0.05, 0.1) is 6.10 Å². The molecule has 0 aromatic heterocycles. The molecule has 1 rings (SSSR count). The van der Waals surface area contributed by atoms with E-state index >= 15 is 0 Å². The van der Waals surface area contributed by atoms with Gasteiger partial charge in [-0.25, -0.2) is 0 Å². The Hall–Kier alpha value is -0.820. The standard InChI is InChI=1S/C12H21F3N2O2/c1-9(18)10-4-2-6-17(8-10)7-3-5-16-11(19)12(13,14)15/h9-10,18H,2-8H2,1H3,(H,16,19). The van der Waals surface area contributed by atoms with Gasteiger partial charge < -0.3 is 15.3 Å². The number of halogens is 3. The Balaban J connectivity index is 2.17. The molecule has 0 bridgehead atoms. The predicted octanol–water partition coefficient (Wildman–Crippen LogP) is 1.15. The second kappa shape index (κ2) is 7.09. The van der Waals surface area contributed by atoms with E-state index < -0.39 is 12.1 Å². The first-order chi connectivity index (χ1) is 8.80. The Kier molecular flexibility index (Phi) is 6.06. The zero-order chi connectivity index (χ0) is 14.5. The molecule has 0 aromatic rings. The van der Waals surface area contributed by atoms with Crippen molar-refractivity contribution in [3.63, 3.8) is 0 Å². The van der Waals surface area contributed by atoms with E-state index in [0.717, 1.165) is 25.9 Å². The number of hydrogen-bond acceptors (Lipinski definition) is 3. The second-order valence-corrected chi connectivity index (χ2v) is 5.05. The molecular formula is C12H21F3N2O2. The third kappa shape index (κ3) is 5.78. The number of alkyl halides is 3. The van der Waals surface area contributed by atoms with Gasteiger partial charge in [0.15, 0.2) is 0 Å². The second-order valence-electron chi connectivity index (χ2n) is 5.05. The monoisotopic (exact) mass is 282 g/mol. The van der Waals surface area contributed by atoms with Crippen molar-refractivity contribution in [3.8, 4) is 0 Å². The molecule has 0 saturated carbocycles. The van der Waals surface area contributed by atoms with Crippen LogP contribution in [-0.2, 0) is 4.79 Å². The third-order valence-electron chi connectivity index (χ3n) is 3.42. The summed E-state index contributed by atoms with van der Waals surface area (Å²) in [6.07, 6.45) is -2.70. The number of aliphatic hydroxyl groups excluding tert-OH is 1. The highest BCUT2D eigenvalue weighted by molar-refractivity contribution is 5.81. The van der Waals surface area contributed by atoms with E-state index in [2.05, 4.69) is 4.90 Å². The quantitative estimate of drug-likeness (QED) is 0.744. The molecule has 1 heterocycles. The summed E-state index contributed by atoms with van der Waals surface area (Å²) >= 11 is 0. The summed E-state index contributed by atoms with van der Waals surface area (Å²) in [6, 6.07) is 0. The fraction of sp³-hybridized carbons (Fsp3) is 0.917. The largest absolute Gasteiger partial charge is 0.471 e. The zero-order valence-corrected chi connectivity index (χ0v) is 11.0. The van der Waals surface area contributed by atoms with Crippen LogP contribution in [0.25, 0.3) is 0 Å². The maximum absolute atomic E-state index is 11.9. The molecule has 1 amide bonds. The van der Waals surface area contributed by atoms with Crippen molar-refractivity contribution in [1.82, 2.24) is 10.2 Å². The van der Waals surface area contributed by atoms with Gasteiger partial charge in [-0.3, -0.25) is 4.79 Å². The molecule has 1 aliphatic heterocycles. The molecule has 112 valence electrons. The van der Waals surface area contributed by atoms with Crippen molar-refractivity contribution in [2.24, 2.45) is 5.92 Å². The Bertz CT molecular complexity index is 295. The normalized spacial score (nSPS) is 23.1. The lowest BCUT2D eigenvalue weighted by atomic mass is 9.93. The molecule has 1 aliphatic rings. The first kappa shape index (κ1) is 16.2. The van der Waals surface area contributed by atoms with Gasteiger partial charge in [0.2, 0.25) is 0 Å². The lowest BCUT2D eigenvalue weighted by molar-refractivity contribution is -0.173. The van der Waals surface area contributed by atoms with Crippen LogP contribution in [0.15, 0.2) is 0 Å². The van der Waals surface area contributed by atoms with Gasteiger partial charge in [-0.05, 0) is 45.2 Å². The van der Waals surface area contributed by atoms with Crippen LogP contribution < -0.4 is 5.32 Å². The van der Waals surface area contributed by atoms with Crippen molar-refractivity contribution in [3.05, 3.63) is 0 Å². The number of hydrogen-bond donors (Lipinski definition) is 2. The van der Waals surface area contributed by atoms with E-state index in [1.165, 1.54) is 0 Å². The van der Waals surface area contributed by atoms with Crippen LogP contribution in [0.2, 0.25) is 0 Å². The summed E-state index contributed by atoms with van der Waals surface area (Å²) < 4.78 is 35.8. The molecule has 4 nitrogen and oxygen atoms in total. The average molecular weight is 282 g/mol. The van der Waals surface area contributed by atoms with Crippen LogP contribution in [0.3, 0.4) is 0 Å². The first-order valence-corrected chi connectivity index (χ1v) is 6.56. The van der Waals surface area contributed by atoms with Gasteiger partial charge in [-0.1, -0.05) is 0 Å². The number of carbonyl (C=O) groups excluding carboxylic acids is 1. The maximum Gasteiger partial charge on any atom is 0.471 e. The van der Waals surface area contributed by atoms with Gasteiger partial charge in [0.1, 0.15) is 0 Å². The van der Waals surface area contributed by atoms with Crippen LogP contribution >= 0.6 is 0 Å². The number of likely N-dealkylation sites (tertiary alicyclic amines) is 1. The topological polar surface area (TPSA) is 52.6 Å². The SMILES string of the molecule is CC(O)C1CCCN(CCCNC(=O)C(F)(F)F)C1. The molecule has 1 fully saturated rings. The maximum atomic E-state index is 11.9. The summed E-state index contributed by atoms with van der Waals surface area (Å²) in [7, 11) is 0. The van der Waals surface area contributed by atoms with E-state index in [9.17, 15) is 23.1 Å². The average Bonchev–Trinajstić information content (AvgIpc) is 2.33. The Morgan fingerprint density at radius 2 is 2.21 bits per heavy atom. The number of rotatable bonds is 5. The Labute approximate surface area is 111 Å². The van der Waals surface area contributed by atoms with E-state index in [-0.39, 0.29) is 18.6 Å². The van der Waals surface area contributed by atoms with Crippen LogP contribution in [0.1, 0.15) is 26.2 Å². The fourth-order valence-electron chi connectivity index (χ4n) is 2.29. The van der Waals surface area contributed by atoms with Gasteiger partial charge >= 0.3 is 12.1 Å². The molecule has 2 unspecified atom stereocenters. The molecule has 19 heavy (non-hydrogen) atoms. The van der Waals surface area contributed by atoms with Crippen molar-refractivity contribution >= 4 is 5.91 Å². The van der Waals surface area contributed by atoms with E-state index in [4.69, 9.17) is 0 Å². The Morgan fingerprint density at radius 3 is 2.79 bits per heavy atom. The van der Waals surface area contributed by atoms with Crippen molar-refractivity contribution in [1.29, 1.82) is 0 Å². The Morgan fingerprint density at radius 1 is 1.53 bits per heavy atom. The van der Waals surface area contributed by atoms with Gasteiger partial charge in [0.25, 0.3) is 0 Å². The van der Waals surface area contributed by atoms with Gasteiger partial charge in [-0.2, -0.15) is 13.2 Å². The summed E-state index contributed by atoms with van der Waals surface area (Å²) in [5, 5.41) is 11.4. The number of piperidine rings is 1. The van der Waals surface area contributed by atoms with E-state index in [0.29, 0.717) is 13.0 Å². The molecule has 1 saturated heterocycles. The third-order valence-corrected chi connectivity index (χ3v) is 3.42. The smallest absolute Gasteiger partial charge is 0.393 e. The molecule has 0 radical (unpaired) electrons. The number of nitrogens with zero attached hydrogens (tertiary/aromatic N) is 1. The minimum Gasteiger partial charge on any atom is -0.393 e. The predicted molar refractivity (Wildman–Crippen MR) is 64.5 cm³/mol. The van der Waals surface area contributed by atoms with Crippen LogP contribution in [0.5, 0.6) is 0 Å². The molecule has 7 heteroatoms. The summed E-state index contributed by atoms with van der Waals surface area (Å²) in [5.41, 5.74) is 0. The minimum absolute atomic E-state index is 0.0220. The zero-order valence-electron chi connectivity index (χ0n) is 11.0. The van der Waals surface area contributed by atoms with Crippen LogP contribution in [0, 0.1) is 5.92 Å². The molecular weight excluding hydrogens is 261 g/mol. The van der Waals surface area contributed by atoms with Gasteiger partial charge in [0, 0.05) is 13.1 Å². The van der Waals surface area contributed by atoms with Crippen molar-refractivity contribution in [2.45, 2.75) is 38.5 Å². The highest BCUT2D eigenvalue weighted by atomic mass is 19.4. The minimum atomic E-state index is -4.80. The first-order valence-electron chi connectivity index (χ1n) is 6.56. The summed E-state index contributed by atoms with van der Waals surface area (Å²) in [6.45, 7) is 4.09.